The molecule has 2 aromatic rings. The Kier molecular flexibility index (Phi) is 4.55. The topological polar surface area (TPSA) is 58.6 Å². The Morgan fingerprint density at radius 1 is 1.18 bits per heavy atom. The summed E-state index contributed by atoms with van der Waals surface area (Å²) in [6.07, 6.45) is 0. The van der Waals surface area contributed by atoms with Gasteiger partial charge in [-0.05, 0) is 12.1 Å². The van der Waals surface area contributed by atoms with Crippen molar-refractivity contribution in [2.24, 2.45) is 0 Å². The maximum atomic E-state index is 13.5. The molecule has 0 spiro atoms. The molecule has 0 aromatic heterocycles. The van der Waals surface area contributed by atoms with Crippen LogP contribution >= 0.6 is 0 Å². The van der Waals surface area contributed by atoms with E-state index in [2.05, 4.69) is 10.1 Å². The third-order valence-electron chi connectivity index (χ3n) is 2.98. The average molecular weight is 311 g/mol. The smallest absolute Gasteiger partial charge is 0.340 e. The van der Waals surface area contributed by atoms with Gasteiger partial charge in [0.1, 0.15) is 11.6 Å². The molecule has 0 amide bonds. The Bertz CT molecular complexity index is 719. The number of anilines is 1. The highest BCUT2D eigenvalue weighted by atomic mass is 19.1. The lowest BCUT2D eigenvalue weighted by molar-refractivity contribution is 0.0601. The minimum absolute atomic E-state index is 0.0193. The number of hydrogen-bond acceptors (Lipinski definition) is 4. The van der Waals surface area contributed by atoms with Gasteiger partial charge in [0.05, 0.1) is 18.4 Å². The van der Waals surface area contributed by atoms with Gasteiger partial charge in [-0.3, -0.25) is 0 Å². The summed E-state index contributed by atoms with van der Waals surface area (Å²) in [5.74, 6) is -3.94. The molecule has 0 heterocycles. The Morgan fingerprint density at radius 3 is 2.55 bits per heavy atom. The summed E-state index contributed by atoms with van der Waals surface area (Å²) in [6.45, 7) is -0.111. The molecule has 0 bridgehead atoms. The van der Waals surface area contributed by atoms with Gasteiger partial charge in [0.2, 0.25) is 0 Å². The summed E-state index contributed by atoms with van der Waals surface area (Å²) in [4.78, 5) is 11.6. The summed E-state index contributed by atoms with van der Waals surface area (Å²) >= 11 is 0. The normalized spacial score (nSPS) is 10.4. The molecule has 2 rings (SSSR count). The van der Waals surface area contributed by atoms with Gasteiger partial charge in [-0.25, -0.2) is 18.0 Å². The molecule has 7 heteroatoms. The van der Waals surface area contributed by atoms with Crippen molar-refractivity contribution in [1.29, 1.82) is 0 Å². The first-order chi connectivity index (χ1) is 10.4. The zero-order valence-electron chi connectivity index (χ0n) is 11.5. The lowest BCUT2D eigenvalue weighted by Gasteiger charge is -2.12. The summed E-state index contributed by atoms with van der Waals surface area (Å²) in [6, 6.07) is 4.83. The number of phenols is 1. The van der Waals surface area contributed by atoms with Crippen LogP contribution in [0, 0.1) is 17.5 Å². The fourth-order valence-corrected chi connectivity index (χ4v) is 1.84. The lowest BCUT2D eigenvalue weighted by Crippen LogP contribution is -2.09. The molecule has 0 aliphatic heterocycles. The minimum Gasteiger partial charge on any atom is -0.505 e. The second-order valence-corrected chi connectivity index (χ2v) is 4.43. The average Bonchev–Trinajstić information content (AvgIpc) is 2.48. The third kappa shape index (κ3) is 3.30. The van der Waals surface area contributed by atoms with E-state index in [4.69, 9.17) is 0 Å². The Hall–Kier alpha value is -2.70. The summed E-state index contributed by atoms with van der Waals surface area (Å²) < 4.78 is 44.3. The number of ether oxygens (including phenoxy) is 1. The fourth-order valence-electron chi connectivity index (χ4n) is 1.84. The van der Waals surface area contributed by atoms with Crippen LogP contribution in [-0.4, -0.2) is 18.2 Å². The Balaban J connectivity index is 2.28. The van der Waals surface area contributed by atoms with Crippen LogP contribution in [0.2, 0.25) is 0 Å². The first-order valence-electron chi connectivity index (χ1n) is 6.21. The predicted octanol–water partition coefficient (Wildman–Crippen LogP) is 3.21. The van der Waals surface area contributed by atoms with Crippen molar-refractivity contribution >= 4 is 11.7 Å². The molecule has 0 unspecified atom stereocenters. The molecule has 22 heavy (non-hydrogen) atoms. The van der Waals surface area contributed by atoms with E-state index in [1.165, 1.54) is 6.07 Å². The highest BCUT2D eigenvalue weighted by Gasteiger charge is 2.16. The molecule has 0 atom stereocenters. The van der Waals surface area contributed by atoms with Crippen molar-refractivity contribution < 1.29 is 27.8 Å². The van der Waals surface area contributed by atoms with Gasteiger partial charge in [-0.1, -0.05) is 6.07 Å². The zero-order chi connectivity index (χ0) is 16.3. The standard InChI is InChI=1S/C15H12F3NO3/c1-22-15(21)10-5-14(20)12(18)6-13(10)19-7-8-2-3-9(16)4-11(8)17/h2-6,19-20H,7H2,1H3. The van der Waals surface area contributed by atoms with E-state index in [1.807, 2.05) is 0 Å². The van der Waals surface area contributed by atoms with Crippen LogP contribution in [0.1, 0.15) is 15.9 Å². The molecule has 2 aromatic carbocycles. The number of esters is 1. The monoisotopic (exact) mass is 311 g/mol. The van der Waals surface area contributed by atoms with Crippen molar-refractivity contribution in [3.8, 4) is 5.75 Å². The van der Waals surface area contributed by atoms with Crippen LogP contribution in [-0.2, 0) is 11.3 Å². The van der Waals surface area contributed by atoms with E-state index >= 15 is 0 Å². The van der Waals surface area contributed by atoms with Crippen molar-refractivity contribution in [2.45, 2.75) is 6.54 Å². The van der Waals surface area contributed by atoms with Crippen LogP contribution in [0.25, 0.3) is 0 Å². The summed E-state index contributed by atoms with van der Waals surface area (Å²) in [7, 11) is 1.13. The molecule has 0 fully saturated rings. The molecule has 2 N–H and O–H groups in total. The number of rotatable bonds is 4. The van der Waals surface area contributed by atoms with Gasteiger partial charge in [0.25, 0.3) is 0 Å². The number of aromatic hydroxyl groups is 1. The summed E-state index contributed by atoms with van der Waals surface area (Å²) in [5.41, 5.74) is 0.0421. The fraction of sp³-hybridized carbons (Fsp3) is 0.133. The highest BCUT2D eigenvalue weighted by molar-refractivity contribution is 5.96. The van der Waals surface area contributed by atoms with E-state index < -0.39 is 29.2 Å². The number of halogens is 3. The van der Waals surface area contributed by atoms with Crippen molar-refractivity contribution in [2.75, 3.05) is 12.4 Å². The van der Waals surface area contributed by atoms with Crippen LogP contribution < -0.4 is 5.32 Å². The number of carbonyl (C=O) groups is 1. The third-order valence-corrected chi connectivity index (χ3v) is 2.98. The van der Waals surface area contributed by atoms with Crippen molar-refractivity contribution in [1.82, 2.24) is 0 Å². The van der Waals surface area contributed by atoms with Crippen molar-refractivity contribution in [3.05, 3.63) is 58.9 Å². The molecule has 0 aliphatic carbocycles. The van der Waals surface area contributed by atoms with Gasteiger partial charge in [-0.2, -0.15) is 0 Å². The number of methoxy groups -OCH3 is 1. The van der Waals surface area contributed by atoms with Crippen LogP contribution in [0.15, 0.2) is 30.3 Å². The Labute approximate surface area is 124 Å². The van der Waals surface area contributed by atoms with Crippen LogP contribution in [0.4, 0.5) is 18.9 Å². The molecular weight excluding hydrogens is 299 g/mol. The van der Waals surface area contributed by atoms with Gasteiger partial charge >= 0.3 is 5.97 Å². The van der Waals surface area contributed by atoms with Crippen LogP contribution in [0.3, 0.4) is 0 Å². The summed E-state index contributed by atoms with van der Waals surface area (Å²) in [5, 5.41) is 12.0. The van der Waals surface area contributed by atoms with Gasteiger partial charge < -0.3 is 15.2 Å². The Morgan fingerprint density at radius 2 is 1.91 bits per heavy atom. The molecule has 0 saturated carbocycles. The number of nitrogens with one attached hydrogen (secondary N) is 1. The maximum Gasteiger partial charge on any atom is 0.340 e. The largest absolute Gasteiger partial charge is 0.505 e. The number of hydrogen-bond donors (Lipinski definition) is 2. The number of phenolic OH excluding ortho intramolecular Hbond substituents is 1. The molecule has 0 saturated heterocycles. The first-order valence-corrected chi connectivity index (χ1v) is 6.21. The second kappa shape index (κ2) is 6.38. The minimum atomic E-state index is -0.949. The predicted molar refractivity (Wildman–Crippen MR) is 73.1 cm³/mol. The van der Waals surface area contributed by atoms with Crippen molar-refractivity contribution in [3.63, 3.8) is 0 Å². The highest BCUT2D eigenvalue weighted by Crippen LogP contribution is 2.26. The van der Waals surface area contributed by atoms with E-state index in [9.17, 15) is 23.1 Å². The molecule has 116 valence electrons. The number of benzene rings is 2. The van der Waals surface area contributed by atoms with Gasteiger partial charge in [-0.15, -0.1) is 0 Å². The van der Waals surface area contributed by atoms with Crippen LogP contribution in [0.5, 0.6) is 5.75 Å². The molecule has 0 aliphatic rings. The zero-order valence-corrected chi connectivity index (χ0v) is 11.5. The van der Waals surface area contributed by atoms with E-state index in [0.717, 1.165) is 31.4 Å². The molecular formula is C15H12F3NO3. The maximum absolute atomic E-state index is 13.5. The molecule has 4 nitrogen and oxygen atoms in total. The second-order valence-electron chi connectivity index (χ2n) is 4.43. The first kappa shape index (κ1) is 15.7. The molecule has 0 radical (unpaired) electrons. The van der Waals surface area contributed by atoms with E-state index in [1.54, 1.807) is 0 Å². The van der Waals surface area contributed by atoms with Gasteiger partial charge in [0, 0.05) is 24.2 Å². The van der Waals surface area contributed by atoms with E-state index in [0.29, 0.717) is 0 Å². The van der Waals surface area contributed by atoms with Gasteiger partial charge in [0.15, 0.2) is 11.6 Å². The van der Waals surface area contributed by atoms with E-state index in [-0.39, 0.29) is 23.4 Å². The SMILES string of the molecule is COC(=O)c1cc(O)c(F)cc1NCc1ccc(F)cc1F. The number of carbonyl (C=O) groups excluding carboxylic acids is 1. The quantitative estimate of drug-likeness (QED) is 0.672. The lowest BCUT2D eigenvalue weighted by atomic mass is 10.1.